The topological polar surface area (TPSA) is 69.6 Å². The fourth-order valence-electron chi connectivity index (χ4n) is 2.15. The molecule has 0 spiro atoms. The van der Waals surface area contributed by atoms with E-state index in [-0.39, 0.29) is 18.6 Å². The van der Waals surface area contributed by atoms with E-state index < -0.39 is 5.97 Å². The van der Waals surface area contributed by atoms with Crippen LogP contribution in [0.4, 0.5) is 4.79 Å². The van der Waals surface area contributed by atoms with Crippen molar-refractivity contribution in [2.45, 2.75) is 45.1 Å². The summed E-state index contributed by atoms with van der Waals surface area (Å²) in [6, 6.07) is 0.0492. The molecule has 1 aliphatic rings. The quantitative estimate of drug-likeness (QED) is 0.764. The Bertz CT molecular complexity index is 254. The van der Waals surface area contributed by atoms with Crippen LogP contribution < -0.4 is 5.32 Å². The van der Waals surface area contributed by atoms with Gasteiger partial charge in [-0.1, -0.05) is 13.3 Å². The van der Waals surface area contributed by atoms with Crippen LogP contribution in [0.2, 0.25) is 0 Å². The Labute approximate surface area is 95.8 Å². The molecule has 0 aromatic carbocycles. The van der Waals surface area contributed by atoms with E-state index in [1.807, 2.05) is 0 Å². The second kappa shape index (κ2) is 6.35. The molecule has 1 saturated heterocycles. The second-order valence-electron chi connectivity index (χ2n) is 4.18. The summed E-state index contributed by atoms with van der Waals surface area (Å²) in [6.07, 6.45) is 5.26. The van der Waals surface area contributed by atoms with Gasteiger partial charge in [-0.2, -0.15) is 0 Å². The fraction of sp³-hybridized carbons (Fsp3) is 0.818. The number of rotatable bonds is 4. The molecular formula is C11H20N2O3. The van der Waals surface area contributed by atoms with E-state index in [9.17, 15) is 9.59 Å². The predicted octanol–water partition coefficient (Wildman–Crippen LogP) is 1.44. The average molecular weight is 228 g/mol. The number of piperidine rings is 1. The first-order chi connectivity index (χ1) is 7.65. The van der Waals surface area contributed by atoms with Gasteiger partial charge in [0.15, 0.2) is 0 Å². The molecular weight excluding hydrogens is 208 g/mol. The first kappa shape index (κ1) is 12.8. The Morgan fingerprint density at radius 3 is 2.81 bits per heavy atom. The van der Waals surface area contributed by atoms with Crippen molar-refractivity contribution in [3.63, 3.8) is 0 Å². The Morgan fingerprint density at radius 2 is 2.19 bits per heavy atom. The molecule has 0 saturated carbocycles. The summed E-state index contributed by atoms with van der Waals surface area (Å²) in [6.45, 7) is 2.55. The number of urea groups is 1. The third kappa shape index (κ3) is 3.72. The molecule has 0 aliphatic carbocycles. The van der Waals surface area contributed by atoms with Crippen LogP contribution in [0.5, 0.6) is 0 Å². The van der Waals surface area contributed by atoms with Crippen molar-refractivity contribution >= 4 is 12.0 Å². The first-order valence-corrected chi connectivity index (χ1v) is 5.91. The molecule has 1 fully saturated rings. The van der Waals surface area contributed by atoms with Crippen LogP contribution in [0.15, 0.2) is 0 Å². The van der Waals surface area contributed by atoms with Crippen molar-refractivity contribution < 1.29 is 14.7 Å². The normalized spacial score (nSPS) is 20.6. The molecule has 0 bridgehead atoms. The molecule has 1 rings (SSSR count). The third-order valence-electron chi connectivity index (χ3n) is 2.90. The number of amides is 2. The van der Waals surface area contributed by atoms with E-state index in [0.29, 0.717) is 0 Å². The number of nitrogens with one attached hydrogen (secondary N) is 1. The summed E-state index contributed by atoms with van der Waals surface area (Å²) in [7, 11) is 0. The predicted molar refractivity (Wildman–Crippen MR) is 60.3 cm³/mol. The number of carboxylic acid groups (broad SMARTS) is 1. The number of nitrogens with zero attached hydrogens (tertiary/aromatic N) is 1. The number of hydrogen-bond acceptors (Lipinski definition) is 2. The molecule has 5 nitrogen and oxygen atoms in total. The lowest BCUT2D eigenvalue weighted by atomic mass is 9.99. The van der Waals surface area contributed by atoms with Crippen LogP contribution in [-0.4, -0.2) is 41.1 Å². The van der Waals surface area contributed by atoms with Crippen LogP contribution >= 0.6 is 0 Å². The maximum atomic E-state index is 11.7. The number of aliphatic carboxylic acids is 1. The third-order valence-corrected chi connectivity index (χ3v) is 2.90. The van der Waals surface area contributed by atoms with Crippen molar-refractivity contribution in [3.8, 4) is 0 Å². The molecule has 0 aromatic rings. The van der Waals surface area contributed by atoms with Gasteiger partial charge < -0.3 is 15.3 Å². The molecule has 1 heterocycles. The molecule has 1 unspecified atom stereocenters. The van der Waals surface area contributed by atoms with E-state index in [1.165, 1.54) is 0 Å². The van der Waals surface area contributed by atoms with Crippen LogP contribution in [0.1, 0.15) is 39.0 Å². The summed E-state index contributed by atoms with van der Waals surface area (Å²) < 4.78 is 0. The zero-order valence-corrected chi connectivity index (χ0v) is 9.74. The van der Waals surface area contributed by atoms with Gasteiger partial charge in [0, 0.05) is 12.6 Å². The Hall–Kier alpha value is -1.26. The molecule has 5 heteroatoms. The molecule has 2 N–H and O–H groups in total. The fourth-order valence-corrected chi connectivity index (χ4v) is 2.15. The molecule has 16 heavy (non-hydrogen) atoms. The number of carbonyl (C=O) groups excluding carboxylic acids is 1. The SMILES string of the molecule is CCCC1CCCCN1C(=O)NCC(=O)O. The van der Waals surface area contributed by atoms with Gasteiger partial charge in [0.1, 0.15) is 6.54 Å². The van der Waals surface area contributed by atoms with Crippen molar-refractivity contribution in [1.29, 1.82) is 0 Å². The largest absolute Gasteiger partial charge is 0.480 e. The summed E-state index contributed by atoms with van der Waals surface area (Å²) in [4.78, 5) is 23.9. The number of likely N-dealkylation sites (tertiary alicyclic amines) is 1. The van der Waals surface area contributed by atoms with Crippen LogP contribution in [0, 0.1) is 0 Å². The van der Waals surface area contributed by atoms with Gasteiger partial charge in [0.2, 0.25) is 0 Å². The van der Waals surface area contributed by atoms with Crippen molar-refractivity contribution in [3.05, 3.63) is 0 Å². The standard InChI is InChI=1S/C11H20N2O3/c1-2-5-9-6-3-4-7-13(9)11(16)12-8-10(14)15/h9H,2-8H2,1H3,(H,12,16)(H,14,15). The molecule has 1 atom stereocenters. The van der Waals surface area contributed by atoms with Crippen LogP contribution in [0.3, 0.4) is 0 Å². The lowest BCUT2D eigenvalue weighted by Gasteiger charge is -2.35. The van der Waals surface area contributed by atoms with E-state index in [2.05, 4.69) is 12.2 Å². The monoisotopic (exact) mass is 228 g/mol. The van der Waals surface area contributed by atoms with Gasteiger partial charge in [-0.05, 0) is 25.7 Å². The van der Waals surface area contributed by atoms with Gasteiger partial charge in [0.05, 0.1) is 0 Å². The average Bonchev–Trinajstić information content (AvgIpc) is 2.27. The van der Waals surface area contributed by atoms with Gasteiger partial charge in [-0.25, -0.2) is 4.79 Å². The number of hydrogen-bond donors (Lipinski definition) is 2. The second-order valence-corrected chi connectivity index (χ2v) is 4.18. The lowest BCUT2D eigenvalue weighted by Crippen LogP contribution is -2.49. The van der Waals surface area contributed by atoms with Crippen molar-refractivity contribution in [2.75, 3.05) is 13.1 Å². The molecule has 1 aliphatic heterocycles. The Morgan fingerprint density at radius 1 is 1.44 bits per heavy atom. The zero-order valence-electron chi connectivity index (χ0n) is 9.74. The zero-order chi connectivity index (χ0) is 12.0. The first-order valence-electron chi connectivity index (χ1n) is 5.91. The summed E-state index contributed by atoms with van der Waals surface area (Å²) in [5, 5.41) is 10.9. The minimum atomic E-state index is -1.00. The van der Waals surface area contributed by atoms with Gasteiger partial charge in [-0.15, -0.1) is 0 Å². The Kier molecular flexibility index (Phi) is 5.08. The van der Waals surface area contributed by atoms with Crippen molar-refractivity contribution in [2.24, 2.45) is 0 Å². The smallest absolute Gasteiger partial charge is 0.323 e. The highest BCUT2D eigenvalue weighted by Crippen LogP contribution is 2.20. The summed E-state index contributed by atoms with van der Waals surface area (Å²) in [5.74, 6) is -1.00. The lowest BCUT2D eigenvalue weighted by molar-refractivity contribution is -0.135. The van der Waals surface area contributed by atoms with E-state index in [4.69, 9.17) is 5.11 Å². The maximum Gasteiger partial charge on any atom is 0.323 e. The van der Waals surface area contributed by atoms with E-state index in [1.54, 1.807) is 4.90 Å². The highest BCUT2D eigenvalue weighted by Gasteiger charge is 2.25. The molecule has 92 valence electrons. The molecule has 0 radical (unpaired) electrons. The number of carbonyl (C=O) groups is 2. The van der Waals surface area contributed by atoms with Crippen LogP contribution in [-0.2, 0) is 4.79 Å². The maximum absolute atomic E-state index is 11.7. The van der Waals surface area contributed by atoms with Gasteiger partial charge in [-0.3, -0.25) is 4.79 Å². The minimum Gasteiger partial charge on any atom is -0.480 e. The van der Waals surface area contributed by atoms with E-state index in [0.717, 1.165) is 38.6 Å². The van der Waals surface area contributed by atoms with Gasteiger partial charge in [0.25, 0.3) is 0 Å². The van der Waals surface area contributed by atoms with Gasteiger partial charge >= 0.3 is 12.0 Å². The Balaban J connectivity index is 2.46. The minimum absolute atomic E-state index is 0.236. The van der Waals surface area contributed by atoms with E-state index >= 15 is 0 Å². The molecule has 0 aromatic heterocycles. The molecule has 2 amide bonds. The highest BCUT2D eigenvalue weighted by atomic mass is 16.4. The van der Waals surface area contributed by atoms with Crippen molar-refractivity contribution in [1.82, 2.24) is 10.2 Å². The number of carboxylic acids is 1. The highest BCUT2D eigenvalue weighted by molar-refractivity contribution is 5.80. The summed E-state index contributed by atoms with van der Waals surface area (Å²) >= 11 is 0. The summed E-state index contributed by atoms with van der Waals surface area (Å²) in [5.41, 5.74) is 0. The van der Waals surface area contributed by atoms with Crippen LogP contribution in [0.25, 0.3) is 0 Å².